The van der Waals surface area contributed by atoms with Crippen LogP contribution in [0.5, 0.6) is 0 Å². The SMILES string of the molecule is Cn1ncc2ccc(B3OC(C)(C)C(C)(C)O3)cc2c1=O. The van der Waals surface area contributed by atoms with E-state index in [1.54, 1.807) is 13.2 Å². The number of benzene rings is 1. The van der Waals surface area contributed by atoms with Gasteiger partial charge in [0.2, 0.25) is 0 Å². The molecule has 1 aliphatic rings. The quantitative estimate of drug-likeness (QED) is 0.740. The fourth-order valence-corrected chi connectivity index (χ4v) is 2.37. The summed E-state index contributed by atoms with van der Waals surface area (Å²) in [6, 6.07) is 5.64. The second-order valence-corrected chi connectivity index (χ2v) is 6.51. The predicted molar refractivity (Wildman–Crippen MR) is 82.7 cm³/mol. The Hall–Kier alpha value is -1.66. The van der Waals surface area contributed by atoms with Gasteiger partial charge < -0.3 is 9.31 Å². The highest BCUT2D eigenvalue weighted by Crippen LogP contribution is 2.36. The molecule has 0 atom stereocenters. The van der Waals surface area contributed by atoms with Gasteiger partial charge in [-0.25, -0.2) is 4.68 Å². The van der Waals surface area contributed by atoms with Crippen LogP contribution in [-0.4, -0.2) is 28.1 Å². The molecule has 3 rings (SSSR count). The standard InChI is InChI=1S/C15H19BN2O3/c1-14(2)15(3,4)21-16(20-14)11-7-6-10-9-17-18(5)13(19)12(10)8-11/h6-9H,1-5H3. The summed E-state index contributed by atoms with van der Waals surface area (Å²) in [7, 11) is 1.18. The second-order valence-electron chi connectivity index (χ2n) is 6.51. The minimum absolute atomic E-state index is 0.120. The van der Waals surface area contributed by atoms with Crippen LogP contribution < -0.4 is 11.0 Å². The number of aryl methyl sites for hydroxylation is 1. The molecular formula is C15H19BN2O3. The number of hydrogen-bond acceptors (Lipinski definition) is 4. The van der Waals surface area contributed by atoms with E-state index in [4.69, 9.17) is 9.31 Å². The Morgan fingerprint density at radius 3 is 2.38 bits per heavy atom. The van der Waals surface area contributed by atoms with Crippen LogP contribution in [-0.2, 0) is 16.4 Å². The van der Waals surface area contributed by atoms with Crippen LogP contribution in [0.25, 0.3) is 10.8 Å². The van der Waals surface area contributed by atoms with Crippen molar-refractivity contribution < 1.29 is 9.31 Å². The molecule has 1 aromatic heterocycles. The van der Waals surface area contributed by atoms with Crippen LogP contribution in [0, 0.1) is 0 Å². The van der Waals surface area contributed by atoms with Crippen molar-refractivity contribution in [2.24, 2.45) is 7.05 Å². The summed E-state index contributed by atoms with van der Waals surface area (Å²) in [5.74, 6) is 0. The average molecular weight is 286 g/mol. The molecule has 6 heteroatoms. The molecule has 1 aromatic carbocycles. The molecule has 110 valence electrons. The zero-order chi connectivity index (χ0) is 15.4. The highest BCUT2D eigenvalue weighted by atomic mass is 16.7. The van der Waals surface area contributed by atoms with Crippen molar-refractivity contribution in [2.45, 2.75) is 38.9 Å². The third-order valence-electron chi connectivity index (χ3n) is 4.50. The molecule has 5 nitrogen and oxygen atoms in total. The Balaban J connectivity index is 2.07. The first kappa shape index (κ1) is 14.3. The number of hydrogen-bond donors (Lipinski definition) is 0. The van der Waals surface area contributed by atoms with E-state index < -0.39 is 18.3 Å². The molecule has 0 amide bonds. The van der Waals surface area contributed by atoms with Gasteiger partial charge in [0, 0.05) is 17.8 Å². The maximum atomic E-state index is 12.2. The number of fused-ring (bicyclic) bond motifs is 1. The lowest BCUT2D eigenvalue weighted by Gasteiger charge is -2.32. The van der Waals surface area contributed by atoms with E-state index in [1.165, 1.54) is 4.68 Å². The minimum Gasteiger partial charge on any atom is -0.399 e. The fourth-order valence-electron chi connectivity index (χ4n) is 2.37. The van der Waals surface area contributed by atoms with E-state index in [0.717, 1.165) is 10.8 Å². The van der Waals surface area contributed by atoms with Gasteiger partial charge in [0.15, 0.2) is 0 Å². The van der Waals surface area contributed by atoms with Crippen LogP contribution in [0.15, 0.2) is 29.2 Å². The third kappa shape index (κ3) is 2.19. The molecule has 0 radical (unpaired) electrons. The average Bonchev–Trinajstić information content (AvgIpc) is 2.63. The van der Waals surface area contributed by atoms with Gasteiger partial charge in [-0.05, 0) is 39.2 Å². The van der Waals surface area contributed by atoms with Crippen molar-refractivity contribution in [1.82, 2.24) is 9.78 Å². The van der Waals surface area contributed by atoms with Crippen LogP contribution in [0.1, 0.15) is 27.7 Å². The van der Waals surface area contributed by atoms with Gasteiger partial charge in [-0.1, -0.05) is 12.1 Å². The van der Waals surface area contributed by atoms with E-state index >= 15 is 0 Å². The van der Waals surface area contributed by atoms with E-state index in [-0.39, 0.29) is 5.56 Å². The van der Waals surface area contributed by atoms with Crippen molar-refractivity contribution in [3.63, 3.8) is 0 Å². The molecule has 21 heavy (non-hydrogen) atoms. The molecule has 0 spiro atoms. The molecule has 1 saturated heterocycles. The Morgan fingerprint density at radius 2 is 1.76 bits per heavy atom. The highest BCUT2D eigenvalue weighted by Gasteiger charge is 2.51. The van der Waals surface area contributed by atoms with E-state index in [1.807, 2.05) is 45.9 Å². The summed E-state index contributed by atoms with van der Waals surface area (Å²) in [6.45, 7) is 8.04. The van der Waals surface area contributed by atoms with Crippen molar-refractivity contribution in [2.75, 3.05) is 0 Å². The lowest BCUT2D eigenvalue weighted by molar-refractivity contribution is 0.00578. The second kappa shape index (κ2) is 4.42. The summed E-state index contributed by atoms with van der Waals surface area (Å²) < 4.78 is 13.4. The summed E-state index contributed by atoms with van der Waals surface area (Å²) >= 11 is 0. The zero-order valence-corrected chi connectivity index (χ0v) is 13.0. The molecule has 1 fully saturated rings. The van der Waals surface area contributed by atoms with Crippen molar-refractivity contribution >= 4 is 23.4 Å². The topological polar surface area (TPSA) is 53.4 Å². The Labute approximate surface area is 124 Å². The largest absolute Gasteiger partial charge is 0.494 e. The van der Waals surface area contributed by atoms with Gasteiger partial charge in [-0.2, -0.15) is 5.10 Å². The Morgan fingerprint density at radius 1 is 1.14 bits per heavy atom. The van der Waals surface area contributed by atoms with Crippen LogP contribution in [0.2, 0.25) is 0 Å². The smallest absolute Gasteiger partial charge is 0.399 e. The van der Waals surface area contributed by atoms with Crippen molar-refractivity contribution in [3.8, 4) is 0 Å². The van der Waals surface area contributed by atoms with E-state index in [2.05, 4.69) is 5.10 Å². The number of aromatic nitrogens is 2. The Bertz CT molecular complexity index is 751. The number of rotatable bonds is 1. The van der Waals surface area contributed by atoms with Gasteiger partial charge in [-0.15, -0.1) is 0 Å². The predicted octanol–water partition coefficient (Wildman–Crippen LogP) is 1.23. The van der Waals surface area contributed by atoms with Crippen molar-refractivity contribution in [3.05, 3.63) is 34.7 Å². The molecule has 1 aliphatic heterocycles. The zero-order valence-electron chi connectivity index (χ0n) is 13.0. The molecule has 0 unspecified atom stereocenters. The summed E-state index contributed by atoms with van der Waals surface area (Å²) in [6.07, 6.45) is 1.69. The maximum absolute atomic E-state index is 12.2. The highest BCUT2D eigenvalue weighted by molar-refractivity contribution is 6.62. The summed E-state index contributed by atoms with van der Waals surface area (Å²) in [5, 5.41) is 5.46. The van der Waals surface area contributed by atoms with Gasteiger partial charge in [0.05, 0.1) is 17.4 Å². The molecule has 0 aliphatic carbocycles. The van der Waals surface area contributed by atoms with Gasteiger partial charge in [-0.3, -0.25) is 4.79 Å². The molecular weight excluding hydrogens is 267 g/mol. The Kier molecular flexibility index (Phi) is 3.01. The molecule has 0 saturated carbocycles. The van der Waals surface area contributed by atoms with E-state index in [9.17, 15) is 4.79 Å². The normalized spacial score (nSPS) is 20.1. The van der Waals surface area contributed by atoms with Crippen LogP contribution in [0.4, 0.5) is 0 Å². The fraction of sp³-hybridized carbons (Fsp3) is 0.467. The van der Waals surface area contributed by atoms with Gasteiger partial charge in [0.1, 0.15) is 0 Å². The molecule has 0 bridgehead atoms. The summed E-state index contributed by atoms with van der Waals surface area (Å²) in [4.78, 5) is 12.2. The summed E-state index contributed by atoms with van der Waals surface area (Å²) in [5.41, 5.74) is -0.0543. The monoisotopic (exact) mass is 286 g/mol. The molecule has 0 N–H and O–H groups in total. The van der Waals surface area contributed by atoms with Gasteiger partial charge in [0.25, 0.3) is 5.56 Å². The van der Waals surface area contributed by atoms with E-state index in [0.29, 0.717) is 5.39 Å². The third-order valence-corrected chi connectivity index (χ3v) is 4.50. The minimum atomic E-state index is -0.461. The van der Waals surface area contributed by atoms with Crippen LogP contribution >= 0.6 is 0 Å². The van der Waals surface area contributed by atoms with Crippen molar-refractivity contribution in [1.29, 1.82) is 0 Å². The molecule has 2 heterocycles. The first-order valence-electron chi connectivity index (χ1n) is 7.03. The van der Waals surface area contributed by atoms with Gasteiger partial charge >= 0.3 is 7.12 Å². The number of nitrogens with zero attached hydrogens (tertiary/aromatic N) is 2. The maximum Gasteiger partial charge on any atom is 0.494 e. The first-order valence-corrected chi connectivity index (χ1v) is 7.03. The lowest BCUT2D eigenvalue weighted by atomic mass is 9.78. The van der Waals surface area contributed by atoms with Crippen LogP contribution in [0.3, 0.4) is 0 Å². The first-order chi connectivity index (χ1) is 9.71. The lowest BCUT2D eigenvalue weighted by Crippen LogP contribution is -2.41. The molecule has 2 aromatic rings.